The van der Waals surface area contributed by atoms with Crippen LogP contribution in [0.1, 0.15) is 24.6 Å². The van der Waals surface area contributed by atoms with Crippen LogP contribution in [0.3, 0.4) is 0 Å². The van der Waals surface area contributed by atoms with E-state index in [0.29, 0.717) is 17.0 Å². The van der Waals surface area contributed by atoms with Gasteiger partial charge in [-0.3, -0.25) is 0 Å². The predicted molar refractivity (Wildman–Crippen MR) is 65.5 cm³/mol. The molecule has 0 saturated carbocycles. The number of imidazole rings is 1. The zero-order valence-electron chi connectivity index (χ0n) is 10.2. The SMILES string of the molecule is Cn1c(C2CCNCC2)nc2cc(F)cc(F)c21. The molecule has 2 aromatic rings. The molecule has 1 aromatic carbocycles. The first kappa shape index (κ1) is 11.6. The van der Waals surface area contributed by atoms with E-state index in [9.17, 15) is 8.78 Å². The molecule has 1 N–H and O–H groups in total. The standard InChI is InChI=1S/C13H15F2N3/c1-18-12-10(15)6-9(14)7-11(12)17-13(18)8-2-4-16-5-3-8/h6-8,16H,2-5H2,1H3. The number of nitrogens with zero attached hydrogens (tertiary/aromatic N) is 2. The summed E-state index contributed by atoms with van der Waals surface area (Å²) in [6.45, 7) is 1.90. The molecule has 18 heavy (non-hydrogen) atoms. The van der Waals surface area contributed by atoms with Gasteiger partial charge in [0.1, 0.15) is 17.2 Å². The first-order valence-corrected chi connectivity index (χ1v) is 6.19. The fraction of sp³-hybridized carbons (Fsp3) is 0.462. The number of aryl methyl sites for hydroxylation is 1. The van der Waals surface area contributed by atoms with Crippen molar-refractivity contribution in [1.82, 2.24) is 14.9 Å². The summed E-state index contributed by atoms with van der Waals surface area (Å²) in [5.41, 5.74) is 0.800. The minimum absolute atomic E-state index is 0.325. The number of aromatic nitrogens is 2. The van der Waals surface area contributed by atoms with Gasteiger partial charge >= 0.3 is 0 Å². The lowest BCUT2D eigenvalue weighted by Gasteiger charge is -2.22. The number of piperidine rings is 1. The number of hydrogen-bond donors (Lipinski definition) is 1. The zero-order chi connectivity index (χ0) is 12.7. The van der Waals surface area contributed by atoms with Crippen LogP contribution in [0, 0.1) is 11.6 Å². The van der Waals surface area contributed by atoms with Gasteiger partial charge in [0.15, 0.2) is 5.82 Å². The molecule has 0 amide bonds. The highest BCUT2D eigenvalue weighted by atomic mass is 19.1. The van der Waals surface area contributed by atoms with Crippen LogP contribution < -0.4 is 5.32 Å². The van der Waals surface area contributed by atoms with Crippen LogP contribution in [0.5, 0.6) is 0 Å². The molecule has 3 rings (SSSR count). The summed E-state index contributed by atoms with van der Waals surface area (Å²) in [6, 6.07) is 2.21. The highest BCUT2D eigenvalue weighted by molar-refractivity contribution is 5.76. The summed E-state index contributed by atoms with van der Waals surface area (Å²) in [6.07, 6.45) is 1.97. The topological polar surface area (TPSA) is 29.9 Å². The van der Waals surface area contributed by atoms with Gasteiger partial charge in [-0.2, -0.15) is 0 Å². The molecule has 96 valence electrons. The van der Waals surface area contributed by atoms with Gasteiger partial charge < -0.3 is 9.88 Å². The molecule has 0 bridgehead atoms. The molecule has 1 aliphatic heterocycles. The van der Waals surface area contributed by atoms with Crippen LogP contribution in [0.25, 0.3) is 11.0 Å². The molecule has 1 aliphatic rings. The highest BCUT2D eigenvalue weighted by Crippen LogP contribution is 2.28. The van der Waals surface area contributed by atoms with E-state index in [2.05, 4.69) is 10.3 Å². The fourth-order valence-corrected chi connectivity index (χ4v) is 2.73. The second-order valence-electron chi connectivity index (χ2n) is 4.81. The van der Waals surface area contributed by atoms with E-state index in [0.717, 1.165) is 37.8 Å². The molecule has 0 aliphatic carbocycles. The van der Waals surface area contributed by atoms with Crippen molar-refractivity contribution in [3.8, 4) is 0 Å². The Bertz CT molecular complexity index is 585. The molecule has 1 saturated heterocycles. The Labute approximate surface area is 104 Å². The summed E-state index contributed by atoms with van der Waals surface area (Å²) >= 11 is 0. The van der Waals surface area contributed by atoms with Crippen LogP contribution in [0.2, 0.25) is 0 Å². The zero-order valence-corrected chi connectivity index (χ0v) is 10.2. The van der Waals surface area contributed by atoms with E-state index >= 15 is 0 Å². The maximum absolute atomic E-state index is 13.8. The Morgan fingerprint density at radius 3 is 2.72 bits per heavy atom. The van der Waals surface area contributed by atoms with E-state index in [1.54, 1.807) is 11.6 Å². The van der Waals surface area contributed by atoms with Crippen LogP contribution in [0.4, 0.5) is 8.78 Å². The summed E-state index contributed by atoms with van der Waals surface area (Å²) in [5, 5.41) is 3.29. The third kappa shape index (κ3) is 1.79. The van der Waals surface area contributed by atoms with Crippen molar-refractivity contribution in [2.45, 2.75) is 18.8 Å². The van der Waals surface area contributed by atoms with Gasteiger partial charge in [-0.15, -0.1) is 0 Å². The molecular weight excluding hydrogens is 236 g/mol. The van der Waals surface area contributed by atoms with Crippen LogP contribution in [-0.2, 0) is 7.05 Å². The number of benzene rings is 1. The fourth-order valence-electron chi connectivity index (χ4n) is 2.73. The van der Waals surface area contributed by atoms with Gasteiger partial charge in [-0.25, -0.2) is 13.8 Å². The van der Waals surface area contributed by atoms with Crippen LogP contribution in [-0.4, -0.2) is 22.6 Å². The van der Waals surface area contributed by atoms with Gasteiger partial charge in [0.05, 0.1) is 5.52 Å². The van der Waals surface area contributed by atoms with E-state index < -0.39 is 11.6 Å². The average molecular weight is 251 g/mol. The summed E-state index contributed by atoms with van der Waals surface area (Å²) in [5.74, 6) is 0.0669. The second-order valence-corrected chi connectivity index (χ2v) is 4.81. The van der Waals surface area contributed by atoms with Crippen molar-refractivity contribution in [1.29, 1.82) is 0 Å². The monoisotopic (exact) mass is 251 g/mol. The Hall–Kier alpha value is -1.49. The third-order valence-corrected chi connectivity index (χ3v) is 3.63. The van der Waals surface area contributed by atoms with Crippen LogP contribution in [0.15, 0.2) is 12.1 Å². The van der Waals surface area contributed by atoms with Crippen LogP contribution >= 0.6 is 0 Å². The van der Waals surface area contributed by atoms with E-state index in [1.165, 1.54) is 6.07 Å². The van der Waals surface area contributed by atoms with Crippen molar-refractivity contribution in [2.75, 3.05) is 13.1 Å². The molecule has 0 atom stereocenters. The molecule has 0 unspecified atom stereocenters. The molecule has 0 radical (unpaired) electrons. The first-order valence-electron chi connectivity index (χ1n) is 6.19. The Morgan fingerprint density at radius 1 is 1.28 bits per heavy atom. The Kier molecular flexibility index (Phi) is 2.78. The molecule has 3 nitrogen and oxygen atoms in total. The number of rotatable bonds is 1. The van der Waals surface area contributed by atoms with Gasteiger partial charge in [0.25, 0.3) is 0 Å². The maximum Gasteiger partial charge on any atom is 0.152 e. The lowest BCUT2D eigenvalue weighted by molar-refractivity contribution is 0.438. The maximum atomic E-state index is 13.8. The second kappa shape index (κ2) is 4.31. The molecule has 5 heteroatoms. The predicted octanol–water partition coefficient (Wildman–Crippen LogP) is 2.32. The van der Waals surface area contributed by atoms with Crippen molar-refractivity contribution in [3.63, 3.8) is 0 Å². The Morgan fingerprint density at radius 2 is 2.00 bits per heavy atom. The molecule has 0 spiro atoms. The number of fused-ring (bicyclic) bond motifs is 1. The van der Waals surface area contributed by atoms with Crippen molar-refractivity contribution in [3.05, 3.63) is 29.6 Å². The molecule has 1 fully saturated rings. The molecular formula is C13H15F2N3. The minimum Gasteiger partial charge on any atom is -0.328 e. The number of halogens is 2. The van der Waals surface area contributed by atoms with Gasteiger partial charge in [0.2, 0.25) is 0 Å². The number of nitrogens with one attached hydrogen (secondary N) is 1. The van der Waals surface area contributed by atoms with E-state index in [1.807, 2.05) is 0 Å². The lowest BCUT2D eigenvalue weighted by Crippen LogP contribution is -2.27. The Balaban J connectivity index is 2.13. The van der Waals surface area contributed by atoms with Gasteiger partial charge in [0, 0.05) is 25.1 Å². The van der Waals surface area contributed by atoms with Gasteiger partial charge in [-0.1, -0.05) is 0 Å². The van der Waals surface area contributed by atoms with Crippen molar-refractivity contribution >= 4 is 11.0 Å². The van der Waals surface area contributed by atoms with Crippen molar-refractivity contribution in [2.24, 2.45) is 7.05 Å². The third-order valence-electron chi connectivity index (χ3n) is 3.63. The summed E-state index contributed by atoms with van der Waals surface area (Å²) < 4.78 is 28.7. The molecule has 2 heterocycles. The summed E-state index contributed by atoms with van der Waals surface area (Å²) in [4.78, 5) is 4.41. The quantitative estimate of drug-likeness (QED) is 0.843. The highest BCUT2D eigenvalue weighted by Gasteiger charge is 2.22. The van der Waals surface area contributed by atoms with Crippen molar-refractivity contribution < 1.29 is 8.78 Å². The normalized spacial score (nSPS) is 17.5. The largest absolute Gasteiger partial charge is 0.328 e. The smallest absolute Gasteiger partial charge is 0.152 e. The van der Waals surface area contributed by atoms with E-state index in [4.69, 9.17) is 0 Å². The first-order chi connectivity index (χ1) is 8.66. The van der Waals surface area contributed by atoms with E-state index in [-0.39, 0.29) is 0 Å². The molecule has 1 aromatic heterocycles. The minimum atomic E-state index is -0.574. The lowest BCUT2D eigenvalue weighted by atomic mass is 9.97. The summed E-state index contributed by atoms with van der Waals surface area (Å²) in [7, 11) is 1.80. The van der Waals surface area contributed by atoms with Gasteiger partial charge in [-0.05, 0) is 25.9 Å². The average Bonchev–Trinajstić information content (AvgIpc) is 2.67. The number of hydrogen-bond acceptors (Lipinski definition) is 2.